The van der Waals surface area contributed by atoms with Gasteiger partial charge in [-0.05, 0) is 59.8 Å². The molecule has 8 heteroatoms. The van der Waals surface area contributed by atoms with Crippen LogP contribution in [-0.2, 0) is 10.0 Å². The molecule has 6 nitrogen and oxygen atoms in total. The average molecular weight is 445 g/mol. The lowest BCUT2D eigenvalue weighted by atomic mass is 10.2. The second kappa shape index (κ2) is 6.93. The number of benzene rings is 1. The number of hydrogen-bond donors (Lipinski definition) is 1. The number of hydrogen-bond acceptors (Lipinski definition) is 4. The molecule has 0 atom stereocenters. The fourth-order valence-electron chi connectivity index (χ4n) is 1.85. The van der Waals surface area contributed by atoms with Gasteiger partial charge in [-0.15, -0.1) is 0 Å². The van der Waals surface area contributed by atoms with Gasteiger partial charge in [0.05, 0.1) is 10.5 Å². The summed E-state index contributed by atoms with van der Waals surface area (Å²) in [5.41, 5.74) is 1.07. The Hall–Kier alpha value is -1.52. The minimum atomic E-state index is -3.59. The van der Waals surface area contributed by atoms with Gasteiger partial charge in [0.25, 0.3) is 5.91 Å². The van der Waals surface area contributed by atoms with Gasteiger partial charge in [0.1, 0.15) is 5.82 Å². The molecule has 1 amide bonds. The first kappa shape index (κ1) is 17.8. The Morgan fingerprint density at radius 3 is 2.52 bits per heavy atom. The molecule has 0 fully saturated rings. The molecule has 23 heavy (non-hydrogen) atoms. The maximum atomic E-state index is 12.4. The average Bonchev–Trinajstić information content (AvgIpc) is 2.47. The number of aromatic nitrogens is 1. The summed E-state index contributed by atoms with van der Waals surface area (Å²) in [5.74, 6) is 0.0231. The SMILES string of the molecule is Cc1cccc(NC(=O)c2cc(S(=O)(=O)N(C)C)ccc2I)n1. The predicted octanol–water partition coefficient (Wildman–Crippen LogP) is 2.50. The largest absolute Gasteiger partial charge is 0.307 e. The summed E-state index contributed by atoms with van der Waals surface area (Å²) in [5, 5.41) is 2.68. The first-order valence-corrected chi connectivity index (χ1v) is 9.21. The molecule has 122 valence electrons. The van der Waals surface area contributed by atoms with Gasteiger partial charge in [0, 0.05) is 23.4 Å². The zero-order chi connectivity index (χ0) is 17.2. The zero-order valence-electron chi connectivity index (χ0n) is 12.9. The topological polar surface area (TPSA) is 79.4 Å². The van der Waals surface area contributed by atoms with Crippen molar-refractivity contribution >= 4 is 44.3 Å². The molecule has 0 radical (unpaired) electrons. The van der Waals surface area contributed by atoms with E-state index in [2.05, 4.69) is 10.3 Å². The number of carbonyl (C=O) groups excluding carboxylic acids is 1. The molecule has 1 heterocycles. The van der Waals surface area contributed by atoms with Crippen LogP contribution in [0.5, 0.6) is 0 Å². The van der Waals surface area contributed by atoms with Crippen molar-refractivity contribution in [1.82, 2.24) is 9.29 Å². The van der Waals surface area contributed by atoms with Crippen molar-refractivity contribution < 1.29 is 13.2 Å². The molecule has 0 saturated heterocycles. The molecule has 0 saturated carbocycles. The molecule has 2 rings (SSSR count). The van der Waals surface area contributed by atoms with E-state index in [1.807, 2.05) is 35.6 Å². The highest BCUT2D eigenvalue weighted by atomic mass is 127. The van der Waals surface area contributed by atoms with Crippen LogP contribution in [0.1, 0.15) is 16.1 Å². The van der Waals surface area contributed by atoms with E-state index in [0.717, 1.165) is 10.00 Å². The van der Waals surface area contributed by atoms with E-state index in [0.29, 0.717) is 9.39 Å². The Balaban J connectivity index is 2.37. The molecular weight excluding hydrogens is 429 g/mol. The fraction of sp³-hybridized carbons (Fsp3) is 0.200. The second-order valence-electron chi connectivity index (χ2n) is 5.05. The van der Waals surface area contributed by atoms with Gasteiger partial charge < -0.3 is 5.32 Å². The van der Waals surface area contributed by atoms with E-state index in [1.54, 1.807) is 18.2 Å². The van der Waals surface area contributed by atoms with E-state index in [4.69, 9.17) is 0 Å². The van der Waals surface area contributed by atoms with Crippen LogP contribution in [0.4, 0.5) is 5.82 Å². The summed E-state index contributed by atoms with van der Waals surface area (Å²) in [6.45, 7) is 1.82. The second-order valence-corrected chi connectivity index (χ2v) is 8.36. The first-order valence-electron chi connectivity index (χ1n) is 6.69. The summed E-state index contributed by atoms with van der Waals surface area (Å²) < 4.78 is 26.2. The van der Waals surface area contributed by atoms with Crippen LogP contribution >= 0.6 is 22.6 Å². The summed E-state index contributed by atoms with van der Waals surface area (Å²) in [6, 6.07) is 9.76. The summed E-state index contributed by atoms with van der Waals surface area (Å²) >= 11 is 2.00. The van der Waals surface area contributed by atoms with E-state index >= 15 is 0 Å². The first-order chi connectivity index (χ1) is 10.7. The lowest BCUT2D eigenvalue weighted by molar-refractivity contribution is 0.102. The summed E-state index contributed by atoms with van der Waals surface area (Å²) in [7, 11) is -0.699. The number of rotatable bonds is 4. The van der Waals surface area contributed by atoms with Crippen LogP contribution in [0.3, 0.4) is 0 Å². The normalized spacial score (nSPS) is 11.5. The van der Waals surface area contributed by atoms with Gasteiger partial charge >= 0.3 is 0 Å². The van der Waals surface area contributed by atoms with Crippen LogP contribution in [0.25, 0.3) is 0 Å². The Kier molecular flexibility index (Phi) is 5.37. The molecule has 0 bridgehead atoms. The number of anilines is 1. The Morgan fingerprint density at radius 1 is 1.22 bits per heavy atom. The molecule has 2 aromatic rings. The Labute approximate surface area is 149 Å². The Morgan fingerprint density at radius 2 is 1.91 bits per heavy atom. The fourth-order valence-corrected chi connectivity index (χ4v) is 3.35. The molecule has 0 aliphatic carbocycles. The van der Waals surface area contributed by atoms with Crippen LogP contribution in [0, 0.1) is 10.5 Å². The molecule has 0 spiro atoms. The van der Waals surface area contributed by atoms with Gasteiger partial charge in [0.15, 0.2) is 0 Å². The van der Waals surface area contributed by atoms with Crippen molar-refractivity contribution in [3.05, 3.63) is 51.2 Å². The van der Waals surface area contributed by atoms with Gasteiger partial charge in [0.2, 0.25) is 10.0 Å². The van der Waals surface area contributed by atoms with Crippen molar-refractivity contribution in [3.8, 4) is 0 Å². The molecule has 1 N–H and O–H groups in total. The van der Waals surface area contributed by atoms with E-state index in [1.165, 1.54) is 26.2 Å². The van der Waals surface area contributed by atoms with E-state index in [9.17, 15) is 13.2 Å². The third-order valence-corrected chi connectivity index (χ3v) is 5.84. The maximum Gasteiger partial charge on any atom is 0.257 e. The highest BCUT2D eigenvalue weighted by Gasteiger charge is 2.20. The molecule has 0 unspecified atom stereocenters. The van der Waals surface area contributed by atoms with Crippen LogP contribution in [0.2, 0.25) is 0 Å². The zero-order valence-corrected chi connectivity index (χ0v) is 15.8. The number of pyridine rings is 1. The third-order valence-electron chi connectivity index (χ3n) is 3.09. The molecule has 0 aliphatic rings. The van der Waals surface area contributed by atoms with Gasteiger partial charge in [-0.2, -0.15) is 0 Å². The number of sulfonamides is 1. The molecule has 0 aliphatic heterocycles. The molecular formula is C15H16IN3O3S. The van der Waals surface area contributed by atoms with Crippen LogP contribution < -0.4 is 5.32 Å². The highest BCUT2D eigenvalue weighted by molar-refractivity contribution is 14.1. The predicted molar refractivity (Wildman–Crippen MR) is 97.0 cm³/mol. The van der Waals surface area contributed by atoms with Crippen molar-refractivity contribution in [2.45, 2.75) is 11.8 Å². The highest BCUT2D eigenvalue weighted by Crippen LogP contribution is 2.21. The summed E-state index contributed by atoms with van der Waals surface area (Å²) in [4.78, 5) is 16.7. The monoisotopic (exact) mass is 445 g/mol. The van der Waals surface area contributed by atoms with E-state index in [-0.39, 0.29) is 10.5 Å². The maximum absolute atomic E-state index is 12.4. The van der Waals surface area contributed by atoms with Crippen molar-refractivity contribution in [2.75, 3.05) is 19.4 Å². The van der Waals surface area contributed by atoms with Gasteiger partial charge in [-0.3, -0.25) is 4.79 Å². The number of halogens is 1. The lowest BCUT2D eigenvalue weighted by Crippen LogP contribution is -2.23. The molecule has 1 aromatic heterocycles. The van der Waals surface area contributed by atoms with Gasteiger partial charge in [-0.1, -0.05) is 6.07 Å². The van der Waals surface area contributed by atoms with Crippen molar-refractivity contribution in [1.29, 1.82) is 0 Å². The van der Waals surface area contributed by atoms with Crippen molar-refractivity contribution in [2.24, 2.45) is 0 Å². The minimum absolute atomic E-state index is 0.0743. The standard InChI is InChI=1S/C15H16IN3O3S/c1-10-5-4-6-14(17-10)18-15(20)12-9-11(7-8-13(12)16)23(21,22)19(2)3/h4-9H,1-3H3,(H,17,18,20). The number of nitrogens with one attached hydrogen (secondary N) is 1. The number of nitrogens with zero attached hydrogens (tertiary/aromatic N) is 2. The van der Waals surface area contributed by atoms with E-state index < -0.39 is 15.9 Å². The number of amides is 1. The quantitative estimate of drug-likeness (QED) is 0.734. The third kappa shape index (κ3) is 4.06. The summed E-state index contributed by atoms with van der Waals surface area (Å²) in [6.07, 6.45) is 0. The van der Waals surface area contributed by atoms with Crippen LogP contribution in [-0.4, -0.2) is 37.7 Å². The van der Waals surface area contributed by atoms with Crippen molar-refractivity contribution in [3.63, 3.8) is 0 Å². The van der Waals surface area contributed by atoms with Crippen LogP contribution in [0.15, 0.2) is 41.3 Å². The minimum Gasteiger partial charge on any atom is -0.307 e. The number of aryl methyl sites for hydroxylation is 1. The molecule has 1 aromatic carbocycles. The Bertz CT molecular complexity index is 851. The smallest absolute Gasteiger partial charge is 0.257 e. The lowest BCUT2D eigenvalue weighted by Gasteiger charge is -2.13. The van der Waals surface area contributed by atoms with Gasteiger partial charge in [-0.25, -0.2) is 17.7 Å². The number of carbonyl (C=O) groups is 1.